The van der Waals surface area contributed by atoms with Gasteiger partial charge in [-0.1, -0.05) is 25.0 Å². The van der Waals surface area contributed by atoms with Crippen LogP contribution < -0.4 is 5.32 Å². The SMILES string of the molecule is CCCCC(C)=CCCNC(C)(C)C. The zero-order valence-corrected chi connectivity index (χ0v) is 10.6. The lowest BCUT2D eigenvalue weighted by Gasteiger charge is -2.19. The van der Waals surface area contributed by atoms with Gasteiger partial charge in [0.2, 0.25) is 0 Å². The highest BCUT2D eigenvalue weighted by atomic mass is 14.9. The Morgan fingerprint density at radius 1 is 1.29 bits per heavy atom. The maximum atomic E-state index is 3.49. The molecule has 0 spiro atoms. The number of nitrogens with one attached hydrogen (secondary N) is 1. The van der Waals surface area contributed by atoms with Crippen LogP contribution in [0.5, 0.6) is 0 Å². The molecule has 0 fully saturated rings. The highest BCUT2D eigenvalue weighted by Crippen LogP contribution is 2.07. The van der Waals surface area contributed by atoms with Crippen LogP contribution in [0.1, 0.15) is 60.3 Å². The molecule has 0 aliphatic rings. The number of rotatable bonds is 6. The molecular weight excluding hydrogens is 170 g/mol. The van der Waals surface area contributed by atoms with E-state index in [0.29, 0.717) is 0 Å². The zero-order chi connectivity index (χ0) is 11.0. The Kier molecular flexibility index (Phi) is 6.90. The minimum absolute atomic E-state index is 0.255. The predicted octanol–water partition coefficient (Wildman–Crippen LogP) is 3.90. The van der Waals surface area contributed by atoms with Gasteiger partial charge in [0.15, 0.2) is 0 Å². The van der Waals surface area contributed by atoms with Crippen molar-refractivity contribution in [3.8, 4) is 0 Å². The Hall–Kier alpha value is -0.300. The third-order valence-corrected chi connectivity index (χ3v) is 2.22. The number of hydrogen-bond acceptors (Lipinski definition) is 1. The quantitative estimate of drug-likeness (QED) is 0.503. The fourth-order valence-electron chi connectivity index (χ4n) is 1.32. The summed E-state index contributed by atoms with van der Waals surface area (Å²) in [5, 5.41) is 3.49. The third-order valence-electron chi connectivity index (χ3n) is 2.22. The summed E-state index contributed by atoms with van der Waals surface area (Å²) < 4.78 is 0. The van der Waals surface area contributed by atoms with E-state index in [0.717, 1.165) is 13.0 Å². The summed E-state index contributed by atoms with van der Waals surface area (Å²) in [6, 6.07) is 0. The summed E-state index contributed by atoms with van der Waals surface area (Å²) in [5.74, 6) is 0. The normalized spacial score (nSPS) is 13.4. The van der Waals surface area contributed by atoms with E-state index in [4.69, 9.17) is 0 Å². The van der Waals surface area contributed by atoms with Crippen LogP contribution >= 0.6 is 0 Å². The van der Waals surface area contributed by atoms with Crippen LogP contribution in [0.2, 0.25) is 0 Å². The van der Waals surface area contributed by atoms with Crippen molar-refractivity contribution in [3.05, 3.63) is 11.6 Å². The first-order valence-corrected chi connectivity index (χ1v) is 5.86. The molecule has 0 aromatic heterocycles. The summed E-state index contributed by atoms with van der Waals surface area (Å²) >= 11 is 0. The molecule has 0 amide bonds. The lowest BCUT2D eigenvalue weighted by Crippen LogP contribution is -2.36. The van der Waals surface area contributed by atoms with Crippen molar-refractivity contribution in [3.63, 3.8) is 0 Å². The van der Waals surface area contributed by atoms with Crippen LogP contribution in [-0.2, 0) is 0 Å². The summed E-state index contributed by atoms with van der Waals surface area (Å²) in [4.78, 5) is 0. The Labute approximate surface area is 90.0 Å². The van der Waals surface area contributed by atoms with E-state index >= 15 is 0 Å². The smallest absolute Gasteiger partial charge is 0.00966 e. The summed E-state index contributed by atoms with van der Waals surface area (Å²) in [7, 11) is 0. The molecule has 0 saturated heterocycles. The topological polar surface area (TPSA) is 12.0 Å². The third kappa shape index (κ3) is 9.79. The van der Waals surface area contributed by atoms with Crippen molar-refractivity contribution in [2.75, 3.05) is 6.54 Å². The van der Waals surface area contributed by atoms with Gasteiger partial charge in [0.05, 0.1) is 0 Å². The molecule has 14 heavy (non-hydrogen) atoms. The van der Waals surface area contributed by atoms with Gasteiger partial charge in [0.25, 0.3) is 0 Å². The largest absolute Gasteiger partial charge is 0.312 e. The highest BCUT2D eigenvalue weighted by molar-refractivity contribution is 4.97. The number of unbranched alkanes of at least 4 members (excludes halogenated alkanes) is 1. The first kappa shape index (κ1) is 13.7. The molecule has 1 N–H and O–H groups in total. The molecule has 0 bridgehead atoms. The van der Waals surface area contributed by atoms with Crippen molar-refractivity contribution < 1.29 is 0 Å². The van der Waals surface area contributed by atoms with Crippen LogP contribution in [-0.4, -0.2) is 12.1 Å². The first-order chi connectivity index (χ1) is 6.45. The minimum Gasteiger partial charge on any atom is -0.312 e. The van der Waals surface area contributed by atoms with Gasteiger partial charge in [-0.3, -0.25) is 0 Å². The van der Waals surface area contributed by atoms with E-state index in [-0.39, 0.29) is 5.54 Å². The fourth-order valence-corrected chi connectivity index (χ4v) is 1.32. The maximum absolute atomic E-state index is 3.49. The molecule has 1 nitrogen and oxygen atoms in total. The molecule has 0 unspecified atom stereocenters. The van der Waals surface area contributed by atoms with Gasteiger partial charge in [-0.2, -0.15) is 0 Å². The number of allylic oxidation sites excluding steroid dienone is 1. The van der Waals surface area contributed by atoms with Gasteiger partial charge in [0, 0.05) is 5.54 Å². The molecule has 84 valence electrons. The Morgan fingerprint density at radius 3 is 2.43 bits per heavy atom. The molecule has 0 aliphatic heterocycles. The van der Waals surface area contributed by atoms with Gasteiger partial charge < -0.3 is 5.32 Å². The lowest BCUT2D eigenvalue weighted by atomic mass is 10.1. The first-order valence-electron chi connectivity index (χ1n) is 5.86. The van der Waals surface area contributed by atoms with Crippen LogP contribution in [0.3, 0.4) is 0 Å². The van der Waals surface area contributed by atoms with Gasteiger partial charge in [-0.15, -0.1) is 0 Å². The second kappa shape index (κ2) is 7.05. The van der Waals surface area contributed by atoms with Crippen molar-refractivity contribution in [2.45, 2.75) is 65.8 Å². The van der Waals surface area contributed by atoms with E-state index in [1.807, 2.05) is 0 Å². The van der Waals surface area contributed by atoms with Gasteiger partial charge >= 0.3 is 0 Å². The van der Waals surface area contributed by atoms with Gasteiger partial charge in [0.1, 0.15) is 0 Å². The molecule has 0 heterocycles. The standard InChI is InChI=1S/C13H27N/c1-6-7-9-12(2)10-8-11-14-13(3,4)5/h10,14H,6-9,11H2,1-5H3. The average Bonchev–Trinajstić information content (AvgIpc) is 2.07. The fraction of sp³-hybridized carbons (Fsp3) is 0.846. The van der Waals surface area contributed by atoms with Crippen LogP contribution in [0.4, 0.5) is 0 Å². The van der Waals surface area contributed by atoms with Crippen molar-refractivity contribution in [1.29, 1.82) is 0 Å². The molecule has 1 heteroatoms. The molecule has 0 aromatic carbocycles. The summed E-state index contributed by atoms with van der Waals surface area (Å²) in [6.07, 6.45) is 7.42. The highest BCUT2D eigenvalue weighted by Gasteiger charge is 2.06. The van der Waals surface area contributed by atoms with Crippen molar-refractivity contribution in [1.82, 2.24) is 5.32 Å². The lowest BCUT2D eigenvalue weighted by molar-refractivity contribution is 0.431. The Morgan fingerprint density at radius 2 is 1.93 bits per heavy atom. The van der Waals surface area contributed by atoms with E-state index in [1.165, 1.54) is 19.3 Å². The van der Waals surface area contributed by atoms with Crippen LogP contribution in [0.15, 0.2) is 11.6 Å². The van der Waals surface area contributed by atoms with Gasteiger partial charge in [-0.05, 0) is 53.5 Å². The molecule has 0 rings (SSSR count). The average molecular weight is 197 g/mol. The molecule has 0 atom stereocenters. The molecular formula is C13H27N. The Balaban J connectivity index is 3.51. The van der Waals surface area contributed by atoms with Crippen LogP contribution in [0, 0.1) is 0 Å². The van der Waals surface area contributed by atoms with E-state index in [1.54, 1.807) is 5.57 Å². The molecule has 0 radical (unpaired) electrons. The van der Waals surface area contributed by atoms with Gasteiger partial charge in [-0.25, -0.2) is 0 Å². The van der Waals surface area contributed by atoms with Crippen molar-refractivity contribution in [2.24, 2.45) is 0 Å². The van der Waals surface area contributed by atoms with Crippen LogP contribution in [0.25, 0.3) is 0 Å². The molecule has 0 aromatic rings. The summed E-state index contributed by atoms with van der Waals surface area (Å²) in [5.41, 5.74) is 1.80. The van der Waals surface area contributed by atoms with Crippen molar-refractivity contribution >= 4 is 0 Å². The van der Waals surface area contributed by atoms with E-state index in [9.17, 15) is 0 Å². The second-order valence-corrected chi connectivity index (χ2v) is 5.12. The zero-order valence-electron chi connectivity index (χ0n) is 10.6. The molecule has 0 aliphatic carbocycles. The van der Waals surface area contributed by atoms with E-state index in [2.05, 4.69) is 46.0 Å². The maximum Gasteiger partial charge on any atom is 0.00966 e. The predicted molar refractivity (Wildman–Crippen MR) is 65.7 cm³/mol. The number of hydrogen-bond donors (Lipinski definition) is 1. The summed E-state index contributed by atoms with van der Waals surface area (Å²) in [6.45, 7) is 12.2. The Bertz CT molecular complexity index is 163. The minimum atomic E-state index is 0.255. The molecule has 0 saturated carbocycles. The second-order valence-electron chi connectivity index (χ2n) is 5.12. The monoisotopic (exact) mass is 197 g/mol. The van der Waals surface area contributed by atoms with E-state index < -0.39 is 0 Å².